The zero-order chi connectivity index (χ0) is 30.3. The molecule has 3 heterocycles. The Morgan fingerprint density at radius 3 is 2.63 bits per heavy atom. The summed E-state index contributed by atoms with van der Waals surface area (Å²) in [6.45, 7) is 2.12. The molecular formula is C30H36ClN7O5. The number of methoxy groups -OCH3 is 2. The van der Waals surface area contributed by atoms with Crippen LogP contribution >= 0.6 is 11.6 Å². The third-order valence-corrected chi connectivity index (χ3v) is 7.92. The molecule has 13 heteroatoms. The quantitative estimate of drug-likeness (QED) is 0.433. The van der Waals surface area contributed by atoms with Gasteiger partial charge < -0.3 is 25.0 Å². The third kappa shape index (κ3) is 7.44. The van der Waals surface area contributed by atoms with Gasteiger partial charge in [0.1, 0.15) is 17.8 Å². The molecule has 2 aromatic carbocycles. The van der Waals surface area contributed by atoms with E-state index in [0.29, 0.717) is 54.7 Å². The highest BCUT2D eigenvalue weighted by Crippen LogP contribution is 2.35. The van der Waals surface area contributed by atoms with E-state index in [1.807, 2.05) is 36.4 Å². The molecule has 5 rings (SSSR count). The number of carbonyl (C=O) groups is 3. The van der Waals surface area contributed by atoms with Crippen molar-refractivity contribution in [1.29, 1.82) is 0 Å². The highest BCUT2D eigenvalue weighted by atomic mass is 35.5. The van der Waals surface area contributed by atoms with Crippen LogP contribution in [0.3, 0.4) is 0 Å². The van der Waals surface area contributed by atoms with Crippen LogP contribution in [-0.4, -0.2) is 88.5 Å². The number of aryl methyl sites for hydroxylation is 1. The molecule has 228 valence electrons. The van der Waals surface area contributed by atoms with Crippen molar-refractivity contribution in [2.75, 3.05) is 33.9 Å². The van der Waals surface area contributed by atoms with Crippen molar-refractivity contribution >= 4 is 29.3 Å². The normalized spacial score (nSPS) is 20.3. The summed E-state index contributed by atoms with van der Waals surface area (Å²) < 4.78 is 12.7. The molecule has 3 amide bonds. The Morgan fingerprint density at radius 1 is 1.05 bits per heavy atom. The topological polar surface area (TPSA) is 131 Å². The molecule has 2 bridgehead atoms. The van der Waals surface area contributed by atoms with Gasteiger partial charge in [-0.25, -0.2) is 0 Å². The number of benzene rings is 2. The van der Waals surface area contributed by atoms with Gasteiger partial charge in [0.25, 0.3) is 0 Å². The number of piperazine rings is 1. The third-order valence-electron chi connectivity index (χ3n) is 7.70. The van der Waals surface area contributed by atoms with Gasteiger partial charge in [-0.2, -0.15) is 0 Å². The summed E-state index contributed by atoms with van der Waals surface area (Å²) >= 11 is 6.36. The first kappa shape index (κ1) is 30.3. The fraction of sp³-hybridized carbons (Fsp3) is 0.433. The van der Waals surface area contributed by atoms with Crippen LogP contribution in [0.1, 0.15) is 29.7 Å². The number of hydrogen-bond acceptors (Lipinski definition) is 8. The highest BCUT2D eigenvalue weighted by molar-refractivity contribution is 6.30. The van der Waals surface area contributed by atoms with Crippen LogP contribution in [-0.2, 0) is 40.4 Å². The molecule has 12 nitrogen and oxygen atoms in total. The van der Waals surface area contributed by atoms with E-state index in [-0.39, 0.29) is 43.8 Å². The molecule has 2 aliphatic rings. The monoisotopic (exact) mass is 609 g/mol. The average Bonchev–Trinajstić information content (AvgIpc) is 3.46. The SMILES string of the molecule is COc1cc(Cl)cc(CN2CCN3C(=O)[C@H](Cc4ccccc4)NC(=O)CCCn4cc(nn4)CNC(=O)[C@H]3C2)c1OC. The zero-order valence-electron chi connectivity index (χ0n) is 24.3. The van der Waals surface area contributed by atoms with E-state index >= 15 is 0 Å². The molecule has 3 aromatic rings. The second kappa shape index (κ2) is 13.9. The number of rotatable bonds is 6. The van der Waals surface area contributed by atoms with Crippen LogP contribution in [0.4, 0.5) is 0 Å². The van der Waals surface area contributed by atoms with Gasteiger partial charge >= 0.3 is 0 Å². The predicted molar refractivity (Wildman–Crippen MR) is 159 cm³/mol. The van der Waals surface area contributed by atoms with Crippen LogP contribution in [0.5, 0.6) is 11.5 Å². The fourth-order valence-electron chi connectivity index (χ4n) is 5.58. The van der Waals surface area contributed by atoms with E-state index in [4.69, 9.17) is 21.1 Å². The highest BCUT2D eigenvalue weighted by Gasteiger charge is 2.39. The Kier molecular flexibility index (Phi) is 9.78. The van der Waals surface area contributed by atoms with Crippen LogP contribution in [0.15, 0.2) is 48.7 Å². The largest absolute Gasteiger partial charge is 0.493 e. The van der Waals surface area contributed by atoms with Crippen molar-refractivity contribution in [3.63, 3.8) is 0 Å². The van der Waals surface area contributed by atoms with Crippen molar-refractivity contribution in [3.05, 3.63) is 70.5 Å². The average molecular weight is 610 g/mol. The number of nitrogens with zero attached hydrogens (tertiary/aromatic N) is 5. The summed E-state index contributed by atoms with van der Waals surface area (Å²) in [6, 6.07) is 11.4. The number of aromatic nitrogens is 3. The van der Waals surface area contributed by atoms with E-state index in [0.717, 1.165) is 11.1 Å². The van der Waals surface area contributed by atoms with E-state index < -0.39 is 12.1 Å². The number of carbonyl (C=O) groups excluding carboxylic acids is 3. The smallest absolute Gasteiger partial charge is 0.246 e. The first-order chi connectivity index (χ1) is 20.8. The molecule has 2 atom stereocenters. The molecule has 1 saturated heterocycles. The van der Waals surface area contributed by atoms with E-state index in [1.54, 1.807) is 36.1 Å². The molecule has 0 saturated carbocycles. The van der Waals surface area contributed by atoms with Crippen molar-refractivity contribution in [3.8, 4) is 11.5 Å². The van der Waals surface area contributed by atoms with Gasteiger partial charge in [-0.3, -0.25) is 24.0 Å². The van der Waals surface area contributed by atoms with E-state index in [9.17, 15) is 14.4 Å². The summed E-state index contributed by atoms with van der Waals surface area (Å²) in [5.74, 6) is 0.232. The lowest BCUT2D eigenvalue weighted by Crippen LogP contribution is -2.63. The number of fused-ring (bicyclic) bond motifs is 3. The number of halogens is 1. The Morgan fingerprint density at radius 2 is 1.86 bits per heavy atom. The summed E-state index contributed by atoms with van der Waals surface area (Å²) in [6.07, 6.45) is 2.83. The minimum atomic E-state index is -0.823. The van der Waals surface area contributed by atoms with Crippen molar-refractivity contribution < 1.29 is 23.9 Å². The number of ether oxygens (including phenoxy) is 2. The van der Waals surface area contributed by atoms with Gasteiger partial charge in [-0.1, -0.05) is 47.1 Å². The maximum atomic E-state index is 14.1. The molecule has 0 unspecified atom stereocenters. The number of nitrogens with one attached hydrogen (secondary N) is 2. The Bertz CT molecular complexity index is 1450. The number of amides is 3. The van der Waals surface area contributed by atoms with Gasteiger partial charge in [0.05, 0.1) is 27.0 Å². The van der Waals surface area contributed by atoms with Crippen molar-refractivity contribution in [2.45, 2.75) is 51.0 Å². The fourth-order valence-corrected chi connectivity index (χ4v) is 5.81. The second-order valence-corrected chi connectivity index (χ2v) is 11.1. The minimum absolute atomic E-state index is 0.168. The summed E-state index contributed by atoms with van der Waals surface area (Å²) in [5, 5.41) is 14.7. The number of hydrogen-bond donors (Lipinski definition) is 2. The van der Waals surface area contributed by atoms with Crippen LogP contribution in [0.2, 0.25) is 5.02 Å². The van der Waals surface area contributed by atoms with Crippen LogP contribution < -0.4 is 20.1 Å². The molecule has 1 fully saturated rings. The first-order valence-electron chi connectivity index (χ1n) is 14.3. The van der Waals surface area contributed by atoms with Crippen molar-refractivity contribution in [2.24, 2.45) is 0 Å². The minimum Gasteiger partial charge on any atom is -0.493 e. The van der Waals surface area contributed by atoms with Gasteiger partial charge in [0, 0.05) is 62.2 Å². The van der Waals surface area contributed by atoms with E-state index in [2.05, 4.69) is 25.8 Å². The molecule has 2 aliphatic heterocycles. The molecule has 0 spiro atoms. The maximum Gasteiger partial charge on any atom is 0.246 e. The van der Waals surface area contributed by atoms with Gasteiger partial charge in [-0.05, 0) is 18.1 Å². The van der Waals surface area contributed by atoms with Gasteiger partial charge in [0.2, 0.25) is 17.7 Å². The van der Waals surface area contributed by atoms with Gasteiger partial charge in [-0.15, -0.1) is 5.10 Å². The lowest BCUT2D eigenvalue weighted by molar-refractivity contribution is -0.146. The van der Waals surface area contributed by atoms with Crippen molar-refractivity contribution in [1.82, 2.24) is 35.4 Å². The van der Waals surface area contributed by atoms with E-state index in [1.165, 1.54) is 0 Å². The molecule has 0 aliphatic carbocycles. The lowest BCUT2D eigenvalue weighted by atomic mass is 10.0. The lowest BCUT2D eigenvalue weighted by Gasteiger charge is -2.42. The summed E-state index contributed by atoms with van der Waals surface area (Å²) in [7, 11) is 3.11. The van der Waals surface area contributed by atoms with Crippen LogP contribution in [0.25, 0.3) is 0 Å². The summed E-state index contributed by atoms with van der Waals surface area (Å²) in [5.41, 5.74) is 2.31. The Labute approximate surface area is 255 Å². The van der Waals surface area contributed by atoms with Gasteiger partial charge in [0.15, 0.2) is 11.5 Å². The molecule has 43 heavy (non-hydrogen) atoms. The Balaban J connectivity index is 1.43. The molecular weight excluding hydrogens is 574 g/mol. The molecule has 2 N–H and O–H groups in total. The predicted octanol–water partition coefficient (Wildman–Crippen LogP) is 1.80. The first-order valence-corrected chi connectivity index (χ1v) is 14.7. The molecule has 0 radical (unpaired) electrons. The zero-order valence-corrected chi connectivity index (χ0v) is 25.0. The molecule has 1 aromatic heterocycles. The summed E-state index contributed by atoms with van der Waals surface area (Å²) in [4.78, 5) is 44.5. The Hall–Kier alpha value is -4.16. The standard InChI is InChI=1S/C30H36ClN7O5/c1-42-26-15-22(31)14-21(28(26)43-2)17-36-11-12-38-25(19-36)29(40)32-16-23-18-37(35-34-23)10-6-9-27(39)33-24(30(38)41)13-20-7-4-3-5-8-20/h3-5,7-8,14-15,18,24-25H,6,9-13,16-17,19H2,1-2H3,(H,32,40)(H,33,39)/t24-,25+/m0/s1. The maximum absolute atomic E-state index is 14.1. The van der Waals surface area contributed by atoms with Crippen LogP contribution in [0, 0.1) is 0 Å². The second-order valence-electron chi connectivity index (χ2n) is 10.7.